The van der Waals surface area contributed by atoms with Gasteiger partial charge in [-0.1, -0.05) is 35.3 Å². The molecule has 0 N–H and O–H groups in total. The average Bonchev–Trinajstić information content (AvgIpc) is 3.20. The highest BCUT2D eigenvalue weighted by molar-refractivity contribution is 6.34. The molecule has 1 aromatic heterocycles. The number of hydrogen-bond donors (Lipinski definition) is 0. The Morgan fingerprint density at radius 3 is 2.51 bits per heavy atom. The van der Waals surface area contributed by atoms with E-state index in [4.69, 9.17) is 32.7 Å². The molecule has 1 aliphatic heterocycles. The predicted octanol–water partition coefficient (Wildman–Crippen LogP) is 5.63. The predicted molar refractivity (Wildman–Crippen MR) is 136 cm³/mol. The van der Waals surface area contributed by atoms with Crippen molar-refractivity contribution in [2.75, 3.05) is 38.8 Å². The lowest BCUT2D eigenvalue weighted by atomic mass is 10.1. The van der Waals surface area contributed by atoms with Crippen LogP contribution in [0, 0.1) is 0 Å². The largest absolute Gasteiger partial charge is 0.497 e. The molecule has 0 saturated carbocycles. The highest BCUT2D eigenvalue weighted by Crippen LogP contribution is 2.40. The third kappa shape index (κ3) is 5.60. The van der Waals surface area contributed by atoms with Gasteiger partial charge in [0.1, 0.15) is 23.7 Å². The number of halogens is 5. The molecule has 0 spiro atoms. The molecule has 0 bridgehead atoms. The van der Waals surface area contributed by atoms with Crippen LogP contribution in [0.5, 0.6) is 11.5 Å². The van der Waals surface area contributed by atoms with Gasteiger partial charge >= 0.3 is 6.18 Å². The van der Waals surface area contributed by atoms with Gasteiger partial charge in [0.05, 0.1) is 24.3 Å². The summed E-state index contributed by atoms with van der Waals surface area (Å²) in [7, 11) is 2.98. The molecule has 0 aliphatic carbocycles. The van der Waals surface area contributed by atoms with Crippen molar-refractivity contribution >= 4 is 34.8 Å². The number of alkyl halides is 3. The van der Waals surface area contributed by atoms with Crippen molar-refractivity contribution in [1.29, 1.82) is 0 Å². The smallest absolute Gasteiger partial charge is 0.434 e. The number of carbonyl (C=O) groups excluding carboxylic acids is 1. The van der Waals surface area contributed by atoms with Crippen molar-refractivity contribution in [2.45, 2.75) is 25.7 Å². The first-order valence-electron chi connectivity index (χ1n) is 11.4. The number of aromatic nitrogens is 2. The zero-order valence-corrected chi connectivity index (χ0v) is 21.9. The molecular weight excluding hydrogens is 532 g/mol. The SMILES string of the molecule is COc1cccc(-c2nn(CC(=O)N3CCN(c4ccc(Cl)c(OC)c4)CC3C)c(C(F)(F)F)c2Cl)c1. The van der Waals surface area contributed by atoms with Gasteiger partial charge in [-0.25, -0.2) is 4.68 Å². The van der Waals surface area contributed by atoms with E-state index < -0.39 is 29.3 Å². The third-order valence-corrected chi connectivity index (χ3v) is 6.91. The summed E-state index contributed by atoms with van der Waals surface area (Å²) in [6.45, 7) is 2.54. The minimum absolute atomic E-state index is 0.0738. The maximum Gasteiger partial charge on any atom is 0.434 e. The van der Waals surface area contributed by atoms with Gasteiger partial charge < -0.3 is 19.3 Å². The van der Waals surface area contributed by atoms with Crippen molar-refractivity contribution in [2.24, 2.45) is 0 Å². The number of anilines is 1. The molecule has 1 unspecified atom stereocenters. The first-order valence-corrected chi connectivity index (χ1v) is 12.1. The standard InChI is InChI=1S/C25H25Cl2F3N4O3/c1-15-13-32(17-7-8-19(26)20(12-17)37-3)9-10-33(15)21(35)14-34-24(25(28,29)30)22(27)23(31-34)16-5-4-6-18(11-16)36-2/h4-8,11-12,15H,9-10,13-14H2,1-3H3. The number of benzene rings is 2. The summed E-state index contributed by atoms with van der Waals surface area (Å²) in [4.78, 5) is 16.8. The molecule has 37 heavy (non-hydrogen) atoms. The Hall–Kier alpha value is -3.11. The van der Waals surface area contributed by atoms with Crippen LogP contribution in [-0.4, -0.2) is 60.5 Å². The van der Waals surface area contributed by atoms with Gasteiger partial charge in [0.25, 0.3) is 0 Å². The molecule has 0 radical (unpaired) electrons. The van der Waals surface area contributed by atoms with Crippen molar-refractivity contribution in [3.63, 3.8) is 0 Å². The van der Waals surface area contributed by atoms with Gasteiger partial charge in [0.2, 0.25) is 5.91 Å². The second-order valence-corrected chi connectivity index (χ2v) is 9.38. The molecule has 12 heteroatoms. The lowest BCUT2D eigenvalue weighted by Gasteiger charge is -2.41. The van der Waals surface area contributed by atoms with Gasteiger partial charge in [0, 0.05) is 43.0 Å². The molecule has 1 amide bonds. The number of amides is 1. The fraction of sp³-hybridized carbons (Fsp3) is 0.360. The van der Waals surface area contributed by atoms with E-state index in [1.807, 2.05) is 19.1 Å². The second-order valence-electron chi connectivity index (χ2n) is 8.60. The van der Waals surface area contributed by atoms with Gasteiger partial charge in [-0.2, -0.15) is 18.3 Å². The fourth-order valence-electron chi connectivity index (χ4n) is 4.41. The summed E-state index contributed by atoms with van der Waals surface area (Å²) in [6.07, 6.45) is -4.81. The van der Waals surface area contributed by atoms with E-state index in [0.29, 0.717) is 46.4 Å². The number of nitrogens with zero attached hydrogens (tertiary/aromatic N) is 4. The highest BCUT2D eigenvalue weighted by atomic mass is 35.5. The molecule has 1 aliphatic rings. The van der Waals surface area contributed by atoms with Crippen LogP contribution in [0.15, 0.2) is 42.5 Å². The molecular formula is C25H25Cl2F3N4O3. The van der Waals surface area contributed by atoms with Crippen LogP contribution in [0.2, 0.25) is 10.0 Å². The summed E-state index contributed by atoms with van der Waals surface area (Å²) in [5.41, 5.74) is -0.0158. The monoisotopic (exact) mass is 556 g/mol. The minimum Gasteiger partial charge on any atom is -0.497 e. The summed E-state index contributed by atoms with van der Waals surface area (Å²) in [5.74, 6) is 0.493. The molecule has 4 rings (SSSR count). The Labute approximate surface area is 222 Å². The molecule has 2 aromatic carbocycles. The molecule has 1 saturated heterocycles. The Morgan fingerprint density at radius 2 is 1.86 bits per heavy atom. The van der Waals surface area contributed by atoms with Crippen LogP contribution in [-0.2, 0) is 17.5 Å². The number of piperazine rings is 1. The van der Waals surface area contributed by atoms with Gasteiger partial charge in [-0.15, -0.1) is 0 Å². The normalized spacial score (nSPS) is 16.2. The zero-order valence-electron chi connectivity index (χ0n) is 20.4. The molecule has 198 valence electrons. The van der Waals surface area contributed by atoms with Gasteiger partial charge in [-0.3, -0.25) is 4.79 Å². The maximum absolute atomic E-state index is 14.0. The number of hydrogen-bond acceptors (Lipinski definition) is 5. The van der Waals surface area contributed by atoms with E-state index in [1.165, 1.54) is 20.3 Å². The molecule has 1 atom stereocenters. The van der Waals surface area contributed by atoms with Crippen LogP contribution in [0.25, 0.3) is 11.3 Å². The molecule has 1 fully saturated rings. The minimum atomic E-state index is -4.81. The van der Waals surface area contributed by atoms with Crippen molar-refractivity contribution in [1.82, 2.24) is 14.7 Å². The highest BCUT2D eigenvalue weighted by Gasteiger charge is 2.41. The van der Waals surface area contributed by atoms with E-state index in [2.05, 4.69) is 10.00 Å². The van der Waals surface area contributed by atoms with Crippen LogP contribution in [0.1, 0.15) is 12.6 Å². The lowest BCUT2D eigenvalue weighted by molar-refractivity contribution is -0.146. The number of methoxy groups -OCH3 is 2. The van der Waals surface area contributed by atoms with E-state index in [9.17, 15) is 18.0 Å². The van der Waals surface area contributed by atoms with E-state index in [1.54, 1.807) is 29.2 Å². The summed E-state index contributed by atoms with van der Waals surface area (Å²) in [5, 5.41) is 4.02. The fourth-order valence-corrected chi connectivity index (χ4v) is 4.95. The second kappa shape index (κ2) is 10.7. The van der Waals surface area contributed by atoms with Crippen LogP contribution >= 0.6 is 23.2 Å². The summed E-state index contributed by atoms with van der Waals surface area (Å²) in [6, 6.07) is 11.5. The van der Waals surface area contributed by atoms with E-state index >= 15 is 0 Å². The molecule has 7 nitrogen and oxygen atoms in total. The number of carbonyl (C=O) groups is 1. The van der Waals surface area contributed by atoms with Gasteiger partial charge in [0.15, 0.2) is 5.69 Å². The van der Waals surface area contributed by atoms with Crippen molar-refractivity contribution < 1.29 is 27.4 Å². The first kappa shape index (κ1) is 26.9. The quantitative estimate of drug-likeness (QED) is 0.393. The van der Waals surface area contributed by atoms with Crippen LogP contribution in [0.4, 0.5) is 18.9 Å². The molecule has 2 heterocycles. The van der Waals surface area contributed by atoms with Crippen molar-refractivity contribution in [3.05, 3.63) is 58.2 Å². The Kier molecular flexibility index (Phi) is 7.80. The van der Waals surface area contributed by atoms with E-state index in [0.717, 1.165) is 5.69 Å². The number of ether oxygens (including phenoxy) is 2. The summed E-state index contributed by atoms with van der Waals surface area (Å²) < 4.78 is 53.0. The van der Waals surface area contributed by atoms with Crippen molar-refractivity contribution in [3.8, 4) is 22.8 Å². The number of rotatable bonds is 6. The summed E-state index contributed by atoms with van der Waals surface area (Å²) >= 11 is 12.3. The van der Waals surface area contributed by atoms with Gasteiger partial charge in [-0.05, 0) is 31.2 Å². The maximum atomic E-state index is 14.0. The molecule has 3 aromatic rings. The Bertz CT molecular complexity index is 1300. The van der Waals surface area contributed by atoms with Crippen LogP contribution < -0.4 is 14.4 Å². The zero-order chi connectivity index (χ0) is 26.9. The first-order chi connectivity index (χ1) is 17.5. The van der Waals surface area contributed by atoms with Crippen LogP contribution in [0.3, 0.4) is 0 Å². The van der Waals surface area contributed by atoms with E-state index in [-0.39, 0.29) is 11.7 Å². The topological polar surface area (TPSA) is 59.8 Å². The average molecular weight is 557 g/mol. The Balaban J connectivity index is 1.55. The third-order valence-electron chi connectivity index (χ3n) is 6.24. The Morgan fingerprint density at radius 1 is 1.11 bits per heavy atom. The lowest BCUT2D eigenvalue weighted by Crippen LogP contribution is -2.55.